The zero-order valence-electron chi connectivity index (χ0n) is 15.5. The molecule has 0 bridgehead atoms. The first-order chi connectivity index (χ1) is 14.2. The second-order valence-electron chi connectivity index (χ2n) is 7.11. The first-order valence-electron chi connectivity index (χ1n) is 9.45. The molecule has 1 aromatic carbocycles. The van der Waals surface area contributed by atoms with Gasteiger partial charge in [0.15, 0.2) is 23.0 Å². The maximum atomic E-state index is 12.8. The van der Waals surface area contributed by atoms with E-state index < -0.39 is 0 Å². The lowest BCUT2D eigenvalue weighted by atomic mass is 9.97. The third kappa shape index (κ3) is 3.53. The molecule has 150 valence electrons. The van der Waals surface area contributed by atoms with Gasteiger partial charge in [-0.05, 0) is 42.1 Å². The number of piperidine rings is 1. The minimum absolute atomic E-state index is 0.0216. The van der Waals surface area contributed by atoms with Crippen molar-refractivity contribution in [1.29, 1.82) is 0 Å². The fourth-order valence-electron chi connectivity index (χ4n) is 3.79. The number of hydrogen-bond donors (Lipinski definition) is 2. The second-order valence-corrected chi connectivity index (χ2v) is 7.45. The topological polar surface area (TPSA) is 105 Å². The molecule has 29 heavy (non-hydrogen) atoms. The summed E-state index contributed by atoms with van der Waals surface area (Å²) in [6.07, 6.45) is 3.28. The highest BCUT2D eigenvalue weighted by atomic mass is 35.5. The van der Waals surface area contributed by atoms with Crippen LogP contribution in [-0.4, -0.2) is 45.7 Å². The number of nitrogens with one attached hydrogen (secondary N) is 2. The summed E-state index contributed by atoms with van der Waals surface area (Å²) in [5, 5.41) is 3.18. The van der Waals surface area contributed by atoms with Crippen LogP contribution in [0.25, 0.3) is 11.2 Å². The van der Waals surface area contributed by atoms with E-state index in [-0.39, 0.29) is 23.9 Å². The molecule has 0 spiro atoms. The number of halogens is 1. The first-order valence-corrected chi connectivity index (χ1v) is 9.83. The highest BCUT2D eigenvalue weighted by Gasteiger charge is 2.28. The number of fused-ring (bicyclic) bond motifs is 2. The molecule has 2 aromatic heterocycles. The lowest BCUT2D eigenvalue weighted by Crippen LogP contribution is -2.43. The first kappa shape index (κ1) is 18.0. The normalized spacial score (nSPS) is 18.2. The number of rotatable bonds is 4. The molecule has 0 unspecified atom stereocenters. The van der Waals surface area contributed by atoms with E-state index in [1.54, 1.807) is 6.33 Å². The summed E-state index contributed by atoms with van der Waals surface area (Å²) in [6, 6.07) is 5.69. The van der Waals surface area contributed by atoms with Crippen LogP contribution >= 0.6 is 11.6 Å². The zero-order chi connectivity index (χ0) is 19.8. The van der Waals surface area contributed by atoms with Crippen molar-refractivity contribution in [2.45, 2.75) is 19.4 Å². The number of ether oxygens (including phenoxy) is 2. The average molecular weight is 415 g/mol. The van der Waals surface area contributed by atoms with Gasteiger partial charge in [0.1, 0.15) is 5.52 Å². The molecule has 1 atom stereocenters. The van der Waals surface area contributed by atoms with Crippen LogP contribution in [0.3, 0.4) is 0 Å². The predicted molar refractivity (Wildman–Crippen MR) is 106 cm³/mol. The van der Waals surface area contributed by atoms with Crippen LogP contribution in [0.5, 0.6) is 11.5 Å². The molecule has 9 nitrogen and oxygen atoms in total. The molecule has 2 aliphatic heterocycles. The molecule has 0 saturated carbocycles. The van der Waals surface area contributed by atoms with E-state index in [1.807, 2.05) is 18.2 Å². The molecule has 0 aliphatic carbocycles. The number of amides is 1. The van der Waals surface area contributed by atoms with Gasteiger partial charge in [0.25, 0.3) is 0 Å². The van der Waals surface area contributed by atoms with Crippen LogP contribution in [0.15, 0.2) is 24.5 Å². The van der Waals surface area contributed by atoms with Crippen LogP contribution in [0.1, 0.15) is 18.4 Å². The minimum Gasteiger partial charge on any atom is -0.454 e. The molecule has 1 fully saturated rings. The molecule has 10 heteroatoms. The van der Waals surface area contributed by atoms with Crippen LogP contribution in [0.2, 0.25) is 5.28 Å². The van der Waals surface area contributed by atoms with Crippen LogP contribution < -0.4 is 19.7 Å². The monoisotopic (exact) mass is 414 g/mol. The van der Waals surface area contributed by atoms with Crippen LogP contribution in [-0.2, 0) is 11.3 Å². The molecule has 0 radical (unpaired) electrons. The average Bonchev–Trinajstić information content (AvgIpc) is 3.40. The number of H-pyrrole nitrogens is 1. The third-order valence-electron chi connectivity index (χ3n) is 5.23. The molecular formula is C19H19ClN6O3. The largest absolute Gasteiger partial charge is 0.454 e. The summed E-state index contributed by atoms with van der Waals surface area (Å²) in [7, 11) is 0. The smallest absolute Gasteiger partial charge is 0.231 e. The van der Waals surface area contributed by atoms with Gasteiger partial charge in [-0.1, -0.05) is 6.07 Å². The van der Waals surface area contributed by atoms with Crippen LogP contribution in [0, 0.1) is 5.92 Å². The number of nitrogens with zero attached hydrogens (tertiary/aromatic N) is 4. The van der Waals surface area contributed by atoms with Crippen molar-refractivity contribution < 1.29 is 14.3 Å². The number of carbonyl (C=O) groups is 1. The highest BCUT2D eigenvalue weighted by Crippen LogP contribution is 2.32. The Morgan fingerprint density at radius 2 is 2.21 bits per heavy atom. The number of hydrogen-bond acceptors (Lipinski definition) is 7. The number of aromatic nitrogens is 4. The summed E-state index contributed by atoms with van der Waals surface area (Å²) in [4.78, 5) is 30.6. The Kier molecular flexibility index (Phi) is 4.59. The molecule has 3 aromatic rings. The molecule has 2 aliphatic rings. The number of imidazole rings is 1. The van der Waals surface area contributed by atoms with Crippen LogP contribution in [0.4, 0.5) is 5.82 Å². The van der Waals surface area contributed by atoms with Crippen molar-refractivity contribution in [2.24, 2.45) is 5.92 Å². The van der Waals surface area contributed by atoms with Gasteiger partial charge in [-0.2, -0.15) is 9.97 Å². The molecule has 1 amide bonds. The van der Waals surface area contributed by atoms with Gasteiger partial charge in [0, 0.05) is 19.6 Å². The standard InChI is InChI=1S/C19H19ClN6O3/c20-19-24-16-15(22-9-23-16)17(25-19)26-5-1-2-12(8-26)18(27)21-7-11-3-4-13-14(6-11)29-10-28-13/h3-4,6,9,12H,1-2,5,7-8,10H2,(H,21,27)(H,22,23,24,25)/t12-/m1/s1. The Morgan fingerprint density at radius 3 is 3.14 bits per heavy atom. The molecule has 4 heterocycles. The fraction of sp³-hybridized carbons (Fsp3) is 0.368. The van der Waals surface area contributed by atoms with E-state index in [4.69, 9.17) is 21.1 Å². The van der Waals surface area contributed by atoms with Gasteiger partial charge in [0.2, 0.25) is 18.0 Å². The quantitative estimate of drug-likeness (QED) is 0.631. The fourth-order valence-corrected chi connectivity index (χ4v) is 3.95. The lowest BCUT2D eigenvalue weighted by Gasteiger charge is -2.33. The van der Waals surface area contributed by atoms with E-state index in [9.17, 15) is 4.79 Å². The van der Waals surface area contributed by atoms with E-state index in [1.165, 1.54) is 0 Å². The van der Waals surface area contributed by atoms with Crippen molar-refractivity contribution in [3.8, 4) is 11.5 Å². The minimum atomic E-state index is -0.135. The number of benzene rings is 1. The number of aromatic amines is 1. The maximum Gasteiger partial charge on any atom is 0.231 e. The summed E-state index contributed by atoms with van der Waals surface area (Å²) in [6.45, 7) is 2.04. The van der Waals surface area contributed by atoms with Gasteiger partial charge in [-0.3, -0.25) is 4.79 Å². The number of anilines is 1. The maximum absolute atomic E-state index is 12.8. The lowest BCUT2D eigenvalue weighted by molar-refractivity contribution is -0.125. The Hall–Kier alpha value is -3.07. The van der Waals surface area contributed by atoms with Crippen molar-refractivity contribution in [1.82, 2.24) is 25.3 Å². The third-order valence-corrected chi connectivity index (χ3v) is 5.40. The number of carbonyl (C=O) groups excluding carboxylic acids is 1. The molecule has 1 saturated heterocycles. The van der Waals surface area contributed by atoms with Crippen molar-refractivity contribution in [3.63, 3.8) is 0 Å². The van der Waals surface area contributed by atoms with Crippen molar-refractivity contribution in [2.75, 3.05) is 24.8 Å². The Balaban J connectivity index is 1.26. The Morgan fingerprint density at radius 1 is 1.31 bits per heavy atom. The molecule has 2 N–H and O–H groups in total. The Labute approximate surface area is 171 Å². The SMILES string of the molecule is O=C(NCc1ccc2c(c1)OCO2)[C@@H]1CCCN(c2nc(Cl)nc3nc[nH]c23)C1. The van der Waals surface area contributed by atoms with E-state index >= 15 is 0 Å². The highest BCUT2D eigenvalue weighted by molar-refractivity contribution is 6.28. The van der Waals surface area contributed by atoms with Gasteiger partial charge in [-0.15, -0.1) is 0 Å². The molecular weight excluding hydrogens is 396 g/mol. The van der Waals surface area contributed by atoms with Gasteiger partial charge in [-0.25, -0.2) is 4.98 Å². The Bertz CT molecular complexity index is 1070. The van der Waals surface area contributed by atoms with Crippen molar-refractivity contribution >= 4 is 34.5 Å². The van der Waals surface area contributed by atoms with Gasteiger partial charge < -0.3 is 24.7 Å². The van der Waals surface area contributed by atoms with E-state index in [0.717, 1.165) is 36.2 Å². The summed E-state index contributed by atoms with van der Waals surface area (Å²) < 4.78 is 10.7. The second kappa shape index (κ2) is 7.40. The van der Waals surface area contributed by atoms with Gasteiger partial charge >= 0.3 is 0 Å². The summed E-state index contributed by atoms with van der Waals surface area (Å²) >= 11 is 6.06. The van der Waals surface area contributed by atoms with E-state index in [2.05, 4.69) is 30.2 Å². The van der Waals surface area contributed by atoms with E-state index in [0.29, 0.717) is 30.3 Å². The zero-order valence-corrected chi connectivity index (χ0v) is 16.3. The van der Waals surface area contributed by atoms with Gasteiger partial charge in [0.05, 0.1) is 12.2 Å². The predicted octanol–water partition coefficient (Wildman–Crippen LogP) is 2.27. The summed E-state index contributed by atoms with van der Waals surface area (Å²) in [5.41, 5.74) is 2.22. The molecule has 5 rings (SSSR count). The summed E-state index contributed by atoms with van der Waals surface area (Å²) in [5.74, 6) is 2.02. The van der Waals surface area contributed by atoms with Crippen molar-refractivity contribution in [3.05, 3.63) is 35.4 Å².